The number of hydrogen-bond donors (Lipinski definition) is 1. The van der Waals surface area contributed by atoms with Crippen molar-refractivity contribution in [3.63, 3.8) is 0 Å². The SMILES string of the molecule is COc1ccc(/C=C(\C#N)C(=O)Nc2ccccc2F)c(OCc2cccc(Cl)c2)c1. The first-order valence-electron chi connectivity index (χ1n) is 9.23. The van der Waals surface area contributed by atoms with Gasteiger partial charge in [0.15, 0.2) is 0 Å². The number of halogens is 2. The van der Waals surface area contributed by atoms with Gasteiger partial charge in [-0.15, -0.1) is 0 Å². The lowest BCUT2D eigenvalue weighted by molar-refractivity contribution is -0.112. The number of rotatable bonds is 7. The van der Waals surface area contributed by atoms with E-state index < -0.39 is 11.7 Å². The lowest BCUT2D eigenvalue weighted by Crippen LogP contribution is -2.14. The van der Waals surface area contributed by atoms with Gasteiger partial charge in [-0.2, -0.15) is 5.26 Å². The van der Waals surface area contributed by atoms with Crippen molar-refractivity contribution < 1.29 is 18.7 Å². The minimum absolute atomic E-state index is 0.0131. The highest BCUT2D eigenvalue weighted by Crippen LogP contribution is 2.28. The van der Waals surface area contributed by atoms with Gasteiger partial charge in [0.05, 0.1) is 12.8 Å². The largest absolute Gasteiger partial charge is 0.497 e. The summed E-state index contributed by atoms with van der Waals surface area (Å²) in [6.45, 7) is 0.220. The number of nitrogens with zero attached hydrogens (tertiary/aromatic N) is 1. The number of amides is 1. The van der Waals surface area contributed by atoms with Crippen molar-refractivity contribution >= 4 is 29.3 Å². The molecule has 3 rings (SSSR count). The predicted octanol–water partition coefficient (Wildman–Crippen LogP) is 5.61. The minimum Gasteiger partial charge on any atom is -0.497 e. The van der Waals surface area contributed by atoms with Gasteiger partial charge in [0, 0.05) is 16.7 Å². The molecule has 0 fully saturated rings. The number of hydrogen-bond acceptors (Lipinski definition) is 4. The number of benzene rings is 3. The van der Waals surface area contributed by atoms with E-state index in [1.54, 1.807) is 36.4 Å². The summed E-state index contributed by atoms with van der Waals surface area (Å²) >= 11 is 6.01. The molecule has 3 aromatic rings. The molecule has 7 heteroatoms. The summed E-state index contributed by atoms with van der Waals surface area (Å²) in [6, 6.07) is 19.8. The van der Waals surface area contributed by atoms with Gasteiger partial charge in [0.25, 0.3) is 5.91 Å². The lowest BCUT2D eigenvalue weighted by atomic mass is 10.1. The van der Waals surface area contributed by atoms with E-state index in [-0.39, 0.29) is 17.9 Å². The number of anilines is 1. The Morgan fingerprint density at radius 2 is 1.97 bits per heavy atom. The Kier molecular flexibility index (Phi) is 7.26. The Hall–Kier alpha value is -3.82. The quantitative estimate of drug-likeness (QED) is 0.386. The molecule has 0 aromatic heterocycles. The van der Waals surface area contributed by atoms with Gasteiger partial charge in [0.1, 0.15) is 35.6 Å². The van der Waals surface area contributed by atoms with Crippen molar-refractivity contribution in [2.45, 2.75) is 6.61 Å². The van der Waals surface area contributed by atoms with Crippen molar-refractivity contribution in [3.05, 3.63) is 94.3 Å². The second kappa shape index (κ2) is 10.3. The lowest BCUT2D eigenvalue weighted by Gasteiger charge is -2.12. The van der Waals surface area contributed by atoms with E-state index in [0.717, 1.165) is 5.56 Å². The molecule has 0 saturated carbocycles. The fourth-order valence-electron chi connectivity index (χ4n) is 2.73. The Labute approximate surface area is 184 Å². The van der Waals surface area contributed by atoms with Crippen molar-refractivity contribution in [3.8, 4) is 17.6 Å². The summed E-state index contributed by atoms with van der Waals surface area (Å²) in [5.74, 6) is -0.370. The zero-order chi connectivity index (χ0) is 22.2. The van der Waals surface area contributed by atoms with Crippen molar-refractivity contribution in [1.82, 2.24) is 0 Å². The van der Waals surface area contributed by atoms with E-state index >= 15 is 0 Å². The maximum Gasteiger partial charge on any atom is 0.266 e. The van der Waals surface area contributed by atoms with Crippen molar-refractivity contribution in [2.24, 2.45) is 0 Å². The average Bonchev–Trinajstić information content (AvgIpc) is 2.78. The minimum atomic E-state index is -0.732. The van der Waals surface area contributed by atoms with Crippen LogP contribution in [0.15, 0.2) is 72.3 Å². The van der Waals surface area contributed by atoms with E-state index in [2.05, 4.69) is 5.32 Å². The van der Waals surface area contributed by atoms with Gasteiger partial charge in [-0.25, -0.2) is 4.39 Å². The summed E-state index contributed by atoms with van der Waals surface area (Å²) in [7, 11) is 1.52. The van der Waals surface area contributed by atoms with Gasteiger partial charge in [-0.05, 0) is 48.0 Å². The summed E-state index contributed by atoms with van der Waals surface area (Å²) in [5, 5.41) is 12.5. The standard InChI is InChI=1S/C24H18ClFN2O3/c1-30-20-10-9-17(23(13-20)31-15-16-5-4-6-19(25)11-16)12-18(14-27)24(29)28-22-8-3-2-7-21(22)26/h2-13H,15H2,1H3,(H,28,29)/b18-12+. The molecule has 1 N–H and O–H groups in total. The first kappa shape index (κ1) is 21.9. The van der Waals surface area contributed by atoms with Crippen LogP contribution in [0.4, 0.5) is 10.1 Å². The second-order valence-electron chi connectivity index (χ2n) is 6.43. The number of carbonyl (C=O) groups excluding carboxylic acids is 1. The number of methoxy groups -OCH3 is 1. The molecule has 0 heterocycles. The molecule has 156 valence electrons. The average molecular weight is 437 g/mol. The topological polar surface area (TPSA) is 71.3 Å². The van der Waals surface area contributed by atoms with Crippen LogP contribution < -0.4 is 14.8 Å². The molecule has 1 amide bonds. The molecule has 0 aliphatic heterocycles. The summed E-state index contributed by atoms with van der Waals surface area (Å²) < 4.78 is 25.0. The first-order chi connectivity index (χ1) is 15.0. The number of nitrogens with one attached hydrogen (secondary N) is 1. The molecule has 0 aliphatic rings. The third-order valence-electron chi connectivity index (χ3n) is 4.29. The summed E-state index contributed by atoms with van der Waals surface area (Å²) in [5.41, 5.74) is 1.12. The van der Waals surface area contributed by atoms with Crippen molar-refractivity contribution in [1.29, 1.82) is 5.26 Å². The van der Waals surface area contributed by atoms with Crippen LogP contribution in [0.2, 0.25) is 5.02 Å². The molecule has 0 atom stereocenters. The molecule has 31 heavy (non-hydrogen) atoms. The summed E-state index contributed by atoms with van der Waals surface area (Å²) in [4.78, 5) is 12.5. The third kappa shape index (κ3) is 5.84. The van der Waals surface area contributed by atoms with Crippen LogP contribution in [0.25, 0.3) is 6.08 Å². The molecule has 0 saturated heterocycles. The van der Waals surface area contributed by atoms with E-state index in [0.29, 0.717) is 22.1 Å². The number of nitriles is 1. The molecule has 3 aromatic carbocycles. The highest BCUT2D eigenvalue weighted by Gasteiger charge is 2.14. The van der Waals surface area contributed by atoms with Crippen LogP contribution in [-0.4, -0.2) is 13.0 Å². The second-order valence-corrected chi connectivity index (χ2v) is 6.86. The van der Waals surface area contributed by atoms with Gasteiger partial charge >= 0.3 is 0 Å². The normalized spacial score (nSPS) is 10.8. The van der Waals surface area contributed by atoms with Crippen LogP contribution in [0.3, 0.4) is 0 Å². The number of ether oxygens (including phenoxy) is 2. The van der Waals surface area contributed by atoms with Crippen LogP contribution >= 0.6 is 11.6 Å². The van der Waals surface area contributed by atoms with Crippen LogP contribution in [-0.2, 0) is 11.4 Å². The molecule has 0 aliphatic carbocycles. The zero-order valence-corrected chi connectivity index (χ0v) is 17.3. The number of carbonyl (C=O) groups is 1. The van der Waals surface area contributed by atoms with Crippen LogP contribution in [0.5, 0.6) is 11.5 Å². The molecule has 0 spiro atoms. The van der Waals surface area contributed by atoms with Gasteiger partial charge < -0.3 is 14.8 Å². The van der Waals surface area contributed by atoms with Gasteiger partial charge in [0.2, 0.25) is 0 Å². The Morgan fingerprint density at radius 1 is 1.16 bits per heavy atom. The number of para-hydroxylation sites is 1. The first-order valence-corrected chi connectivity index (χ1v) is 9.61. The molecular formula is C24H18ClFN2O3. The van der Waals surface area contributed by atoms with Crippen molar-refractivity contribution in [2.75, 3.05) is 12.4 Å². The fraction of sp³-hybridized carbons (Fsp3) is 0.0833. The smallest absolute Gasteiger partial charge is 0.266 e. The molecule has 0 unspecified atom stereocenters. The van der Waals surface area contributed by atoms with Crippen LogP contribution in [0, 0.1) is 17.1 Å². The van der Waals surface area contributed by atoms with E-state index in [9.17, 15) is 14.4 Å². The maximum absolute atomic E-state index is 13.8. The van der Waals surface area contributed by atoms with Gasteiger partial charge in [-0.3, -0.25) is 4.79 Å². The van der Waals surface area contributed by atoms with E-state index in [1.165, 1.54) is 31.4 Å². The third-order valence-corrected chi connectivity index (χ3v) is 4.53. The molecule has 5 nitrogen and oxygen atoms in total. The Morgan fingerprint density at radius 3 is 2.68 bits per heavy atom. The highest BCUT2D eigenvalue weighted by atomic mass is 35.5. The molecular weight excluding hydrogens is 419 g/mol. The fourth-order valence-corrected chi connectivity index (χ4v) is 2.94. The van der Waals surface area contributed by atoms with Gasteiger partial charge in [-0.1, -0.05) is 35.9 Å². The van der Waals surface area contributed by atoms with E-state index in [1.807, 2.05) is 18.2 Å². The summed E-state index contributed by atoms with van der Waals surface area (Å²) in [6.07, 6.45) is 1.38. The highest BCUT2D eigenvalue weighted by molar-refractivity contribution is 6.30. The monoisotopic (exact) mass is 436 g/mol. The van der Waals surface area contributed by atoms with Crippen LogP contribution in [0.1, 0.15) is 11.1 Å². The Bertz CT molecular complexity index is 1170. The predicted molar refractivity (Wildman–Crippen MR) is 117 cm³/mol. The van der Waals surface area contributed by atoms with E-state index in [4.69, 9.17) is 21.1 Å². The zero-order valence-electron chi connectivity index (χ0n) is 16.6. The molecule has 0 radical (unpaired) electrons. The maximum atomic E-state index is 13.8. The molecule has 0 bridgehead atoms. The Balaban J connectivity index is 1.87.